The molecule has 0 radical (unpaired) electrons. The van der Waals surface area contributed by atoms with E-state index in [1.54, 1.807) is 23.5 Å². The van der Waals surface area contributed by atoms with Gasteiger partial charge in [0.15, 0.2) is 11.5 Å². The van der Waals surface area contributed by atoms with Crippen LogP contribution in [0.3, 0.4) is 0 Å². The summed E-state index contributed by atoms with van der Waals surface area (Å²) in [6.07, 6.45) is 2.26. The topological polar surface area (TPSA) is 115 Å². The van der Waals surface area contributed by atoms with Crippen LogP contribution in [0.25, 0.3) is 11.4 Å². The van der Waals surface area contributed by atoms with Gasteiger partial charge in [0.25, 0.3) is 5.91 Å². The summed E-state index contributed by atoms with van der Waals surface area (Å²) in [6.45, 7) is 4.22. The fourth-order valence-electron chi connectivity index (χ4n) is 4.65. The van der Waals surface area contributed by atoms with E-state index in [0.717, 1.165) is 0 Å². The van der Waals surface area contributed by atoms with Gasteiger partial charge in [-0.15, -0.1) is 0 Å². The van der Waals surface area contributed by atoms with Gasteiger partial charge in [0, 0.05) is 5.56 Å². The number of rotatable bonds is 7. The molecule has 3 heterocycles. The summed E-state index contributed by atoms with van der Waals surface area (Å²) >= 11 is 0. The molecule has 1 N–H and O–H groups in total. The number of nitrogens with zero attached hydrogens (tertiary/aromatic N) is 5. The molecule has 11 heteroatoms. The van der Waals surface area contributed by atoms with Crippen molar-refractivity contribution in [3.63, 3.8) is 0 Å². The number of aryl methyl sites for hydroxylation is 2. The Morgan fingerprint density at radius 3 is 2.50 bits per heavy atom. The molecule has 11 nitrogen and oxygen atoms in total. The van der Waals surface area contributed by atoms with Crippen LogP contribution in [0.4, 0.5) is 0 Å². The van der Waals surface area contributed by atoms with Gasteiger partial charge in [0.2, 0.25) is 17.5 Å². The van der Waals surface area contributed by atoms with E-state index in [4.69, 9.17) is 18.7 Å². The van der Waals surface area contributed by atoms with Crippen LogP contribution in [0, 0.1) is 13.8 Å². The summed E-state index contributed by atoms with van der Waals surface area (Å²) in [7, 11) is 4.61. The van der Waals surface area contributed by atoms with Gasteiger partial charge in [-0.2, -0.15) is 10.1 Å². The Labute approximate surface area is 208 Å². The normalized spacial score (nSPS) is 19.0. The molecule has 1 fully saturated rings. The molecule has 5 rings (SSSR count). The Morgan fingerprint density at radius 1 is 1.08 bits per heavy atom. The van der Waals surface area contributed by atoms with E-state index in [2.05, 4.69) is 52.7 Å². The highest BCUT2D eigenvalue weighted by molar-refractivity contribution is 5.87. The lowest BCUT2D eigenvalue weighted by Crippen LogP contribution is -2.50. The van der Waals surface area contributed by atoms with Crippen molar-refractivity contribution in [2.45, 2.75) is 38.9 Å². The maximum atomic E-state index is 13.2. The van der Waals surface area contributed by atoms with Gasteiger partial charge in [0.1, 0.15) is 18.9 Å². The first kappa shape index (κ1) is 23.6. The first-order chi connectivity index (χ1) is 17.4. The monoisotopic (exact) mass is 492 g/mol. The molecule has 0 saturated carbocycles. The molecule has 2 atom stereocenters. The van der Waals surface area contributed by atoms with Crippen molar-refractivity contribution in [3.8, 4) is 28.6 Å². The summed E-state index contributed by atoms with van der Waals surface area (Å²) in [5, 5.41) is 11.5. The van der Waals surface area contributed by atoms with Gasteiger partial charge >= 0.3 is 0 Å². The van der Waals surface area contributed by atoms with E-state index in [9.17, 15) is 4.79 Å². The molecular weight excluding hydrogens is 464 g/mol. The minimum absolute atomic E-state index is 0.0287. The first-order valence-electron chi connectivity index (χ1n) is 11.5. The van der Waals surface area contributed by atoms with E-state index in [1.165, 1.54) is 43.0 Å². The summed E-state index contributed by atoms with van der Waals surface area (Å²) in [5.74, 6) is 1.87. The smallest absolute Gasteiger partial charge is 0.267 e. The average molecular weight is 493 g/mol. The minimum Gasteiger partial charge on any atom is -0.493 e. The molecule has 1 aromatic heterocycles. The molecule has 1 saturated heterocycles. The second kappa shape index (κ2) is 9.50. The number of hydrazone groups is 1. The molecule has 2 aromatic carbocycles. The molecule has 0 aliphatic carbocycles. The number of hydrogen-bond acceptors (Lipinski definition) is 10. The minimum atomic E-state index is -0.370. The maximum absolute atomic E-state index is 13.2. The molecule has 3 aromatic rings. The number of hydrogen-bond donors (Lipinski definition) is 1. The van der Waals surface area contributed by atoms with Crippen LogP contribution < -0.4 is 19.6 Å². The zero-order valence-electron chi connectivity index (χ0n) is 20.8. The second-order valence-electron chi connectivity index (χ2n) is 8.75. The Bertz CT molecular complexity index is 1300. The third-order valence-electron chi connectivity index (χ3n) is 6.43. The summed E-state index contributed by atoms with van der Waals surface area (Å²) < 4.78 is 21.6. The lowest BCUT2D eigenvalue weighted by molar-refractivity contribution is -0.137. The largest absolute Gasteiger partial charge is 0.493 e. The van der Waals surface area contributed by atoms with Crippen molar-refractivity contribution in [2.75, 3.05) is 21.3 Å². The Kier molecular flexibility index (Phi) is 6.23. The van der Waals surface area contributed by atoms with Gasteiger partial charge in [-0.05, 0) is 43.5 Å². The van der Waals surface area contributed by atoms with Crippen LogP contribution in [0.15, 0.2) is 40.0 Å². The van der Waals surface area contributed by atoms with Crippen LogP contribution >= 0.6 is 0 Å². The van der Waals surface area contributed by atoms with Crippen molar-refractivity contribution in [2.24, 2.45) is 5.10 Å². The van der Waals surface area contributed by atoms with E-state index < -0.39 is 0 Å². The molecular formula is C25H28N6O5. The van der Waals surface area contributed by atoms with Crippen molar-refractivity contribution in [1.29, 1.82) is 0 Å². The van der Waals surface area contributed by atoms with E-state index in [-0.39, 0.29) is 30.4 Å². The van der Waals surface area contributed by atoms with Crippen molar-refractivity contribution in [1.82, 2.24) is 25.6 Å². The predicted octanol–water partition coefficient (Wildman–Crippen LogP) is 2.98. The molecule has 0 spiro atoms. The van der Waals surface area contributed by atoms with Crippen LogP contribution in [-0.2, 0) is 11.3 Å². The standard InChI is InChI=1S/C25H28N6O5/c1-14-6-7-17(15(2)8-14)18-11-19-25(32)30(26-13-31(19)28-18)12-22-27-24(29-36-22)16-9-20(33-3)23(35-5)21(10-16)34-4/h6-10,13,18-19,28H,11-12H2,1-5H3. The van der Waals surface area contributed by atoms with Gasteiger partial charge in [0.05, 0.1) is 27.4 Å². The van der Waals surface area contributed by atoms with Gasteiger partial charge < -0.3 is 18.7 Å². The maximum Gasteiger partial charge on any atom is 0.267 e. The van der Waals surface area contributed by atoms with E-state index >= 15 is 0 Å². The summed E-state index contributed by atoms with van der Waals surface area (Å²) in [6, 6.07) is 9.48. The molecule has 0 bridgehead atoms. The third kappa shape index (κ3) is 4.22. The number of amides is 1. The summed E-state index contributed by atoms with van der Waals surface area (Å²) in [4.78, 5) is 17.7. The van der Waals surface area contributed by atoms with Gasteiger partial charge in [-0.3, -0.25) is 9.80 Å². The quantitative estimate of drug-likeness (QED) is 0.531. The Hall–Kier alpha value is -4.12. The number of carbonyl (C=O) groups is 1. The highest BCUT2D eigenvalue weighted by Gasteiger charge is 2.41. The van der Waals surface area contributed by atoms with Crippen molar-refractivity contribution in [3.05, 3.63) is 52.9 Å². The molecule has 36 heavy (non-hydrogen) atoms. The number of ether oxygens (including phenoxy) is 3. The van der Waals surface area contributed by atoms with Crippen LogP contribution in [0.1, 0.15) is 35.0 Å². The fraction of sp³-hybridized carbons (Fsp3) is 0.360. The highest BCUT2D eigenvalue weighted by atomic mass is 16.5. The third-order valence-corrected chi connectivity index (χ3v) is 6.43. The lowest BCUT2D eigenvalue weighted by atomic mass is 9.96. The lowest BCUT2D eigenvalue weighted by Gasteiger charge is -2.29. The van der Waals surface area contributed by atoms with E-state index in [1.807, 2.05) is 0 Å². The number of carbonyl (C=O) groups excluding carboxylic acids is 1. The van der Waals surface area contributed by atoms with Gasteiger partial charge in [-0.1, -0.05) is 28.9 Å². The molecule has 188 valence electrons. The molecule has 1 amide bonds. The number of aromatic nitrogens is 2. The van der Waals surface area contributed by atoms with Gasteiger partial charge in [-0.25, -0.2) is 10.4 Å². The highest BCUT2D eigenvalue weighted by Crippen LogP contribution is 2.40. The van der Waals surface area contributed by atoms with Crippen LogP contribution in [0.2, 0.25) is 0 Å². The van der Waals surface area contributed by atoms with Crippen LogP contribution in [0.5, 0.6) is 17.2 Å². The average Bonchev–Trinajstić information content (AvgIpc) is 3.52. The van der Waals surface area contributed by atoms with Crippen molar-refractivity contribution < 1.29 is 23.5 Å². The van der Waals surface area contributed by atoms with E-state index in [0.29, 0.717) is 35.1 Å². The first-order valence-corrected chi connectivity index (χ1v) is 11.5. The number of hydrazine groups is 1. The zero-order valence-corrected chi connectivity index (χ0v) is 20.8. The molecule has 2 unspecified atom stereocenters. The zero-order chi connectivity index (χ0) is 25.4. The number of nitrogens with one attached hydrogen (secondary N) is 1. The fourth-order valence-corrected chi connectivity index (χ4v) is 4.65. The number of methoxy groups -OCH3 is 3. The number of fused-ring (bicyclic) bond motifs is 1. The summed E-state index contributed by atoms with van der Waals surface area (Å²) in [5.41, 5.74) is 7.59. The predicted molar refractivity (Wildman–Crippen MR) is 130 cm³/mol. The Morgan fingerprint density at radius 2 is 1.83 bits per heavy atom. The van der Waals surface area contributed by atoms with Crippen LogP contribution in [-0.4, -0.2) is 59.8 Å². The molecule has 2 aliphatic heterocycles. The SMILES string of the molecule is COc1cc(-c2noc(CN3N=CN4NC(c5ccc(C)cc5C)CC4C3=O)n2)cc(OC)c1OC. The number of benzene rings is 2. The molecule has 2 aliphatic rings. The second-order valence-corrected chi connectivity index (χ2v) is 8.75. The van der Waals surface area contributed by atoms with Crippen molar-refractivity contribution >= 4 is 12.2 Å². The Balaban J connectivity index is 1.31.